The molecule has 1 aliphatic heterocycles. The maximum absolute atomic E-state index is 10.9. The van der Waals surface area contributed by atoms with Gasteiger partial charge in [-0.15, -0.1) is 0 Å². The van der Waals surface area contributed by atoms with Crippen molar-refractivity contribution < 1.29 is 9.90 Å². The lowest BCUT2D eigenvalue weighted by Crippen LogP contribution is -2.31. The highest BCUT2D eigenvalue weighted by molar-refractivity contribution is 6.35. The van der Waals surface area contributed by atoms with Crippen LogP contribution in [0.4, 0.5) is 5.82 Å². The Kier molecular flexibility index (Phi) is 3.05. The van der Waals surface area contributed by atoms with Crippen molar-refractivity contribution in [2.24, 2.45) is 7.05 Å². The van der Waals surface area contributed by atoms with Gasteiger partial charge in [0, 0.05) is 20.1 Å². The Morgan fingerprint density at radius 1 is 1.38 bits per heavy atom. The van der Waals surface area contributed by atoms with Crippen LogP contribution in [-0.2, 0) is 7.05 Å². The van der Waals surface area contributed by atoms with Crippen LogP contribution in [-0.4, -0.2) is 33.9 Å². The van der Waals surface area contributed by atoms with Gasteiger partial charge in [0.1, 0.15) is 10.8 Å². The molecule has 88 valence electrons. The fraction of sp³-hybridized carbons (Fsp3) is 0.600. The van der Waals surface area contributed by atoms with Gasteiger partial charge in [0.25, 0.3) is 0 Å². The summed E-state index contributed by atoms with van der Waals surface area (Å²) >= 11 is 6.05. The number of hydrogen-bond acceptors (Lipinski definition) is 3. The predicted octanol–water partition coefficient (Wildman–Crippen LogP) is 1.76. The number of carbonyl (C=O) groups is 1. The van der Waals surface area contributed by atoms with E-state index in [1.54, 1.807) is 11.7 Å². The fourth-order valence-electron chi connectivity index (χ4n) is 2.08. The Morgan fingerprint density at radius 3 is 2.50 bits per heavy atom. The van der Waals surface area contributed by atoms with Crippen molar-refractivity contribution in [2.45, 2.75) is 19.3 Å². The lowest BCUT2D eigenvalue weighted by Gasteiger charge is -2.28. The number of nitrogens with zero attached hydrogens (tertiary/aromatic N) is 3. The van der Waals surface area contributed by atoms with Crippen molar-refractivity contribution in [1.29, 1.82) is 0 Å². The molecular weight excluding hydrogens is 230 g/mol. The third-order valence-electron chi connectivity index (χ3n) is 2.82. The molecule has 1 N–H and O–H groups in total. The van der Waals surface area contributed by atoms with Crippen LogP contribution >= 0.6 is 11.6 Å². The van der Waals surface area contributed by atoms with Crippen LogP contribution in [0.25, 0.3) is 0 Å². The summed E-state index contributed by atoms with van der Waals surface area (Å²) in [7, 11) is 1.72. The molecule has 1 aliphatic rings. The first-order chi connectivity index (χ1) is 7.61. The van der Waals surface area contributed by atoms with Gasteiger partial charge in [-0.2, -0.15) is 5.10 Å². The minimum absolute atomic E-state index is 0.0651. The standard InChI is InChI=1S/C10H14ClN3O2/c1-13-9(14-5-3-2-4-6-14)7(11)8(12-13)10(15)16/h2-6H2,1H3,(H,15,16). The zero-order valence-electron chi connectivity index (χ0n) is 9.11. The third-order valence-corrected chi connectivity index (χ3v) is 3.17. The zero-order chi connectivity index (χ0) is 11.7. The minimum Gasteiger partial charge on any atom is -0.476 e. The molecule has 0 bridgehead atoms. The maximum Gasteiger partial charge on any atom is 0.358 e. The number of anilines is 1. The van der Waals surface area contributed by atoms with Crippen LogP contribution < -0.4 is 4.90 Å². The molecule has 0 spiro atoms. The average molecular weight is 244 g/mol. The number of piperidine rings is 1. The molecule has 5 nitrogen and oxygen atoms in total. The molecule has 0 unspecified atom stereocenters. The van der Waals surface area contributed by atoms with E-state index in [0.717, 1.165) is 31.7 Å². The van der Waals surface area contributed by atoms with Gasteiger partial charge in [-0.1, -0.05) is 11.6 Å². The highest BCUT2D eigenvalue weighted by atomic mass is 35.5. The molecule has 0 aliphatic carbocycles. The van der Waals surface area contributed by atoms with Gasteiger partial charge in [-0.3, -0.25) is 4.68 Å². The van der Waals surface area contributed by atoms with E-state index in [1.807, 2.05) is 0 Å². The van der Waals surface area contributed by atoms with Crippen molar-refractivity contribution in [2.75, 3.05) is 18.0 Å². The summed E-state index contributed by atoms with van der Waals surface area (Å²) < 4.78 is 1.55. The van der Waals surface area contributed by atoms with Crippen LogP contribution in [0.5, 0.6) is 0 Å². The first kappa shape index (κ1) is 11.3. The SMILES string of the molecule is Cn1nc(C(=O)O)c(Cl)c1N1CCCCC1. The molecule has 6 heteroatoms. The molecule has 1 aromatic rings. The van der Waals surface area contributed by atoms with Crippen LogP contribution in [0.2, 0.25) is 5.02 Å². The van der Waals surface area contributed by atoms with Crippen molar-refractivity contribution in [1.82, 2.24) is 9.78 Å². The number of halogens is 1. The summed E-state index contributed by atoms with van der Waals surface area (Å²) in [5, 5.41) is 13.1. The van der Waals surface area contributed by atoms with Gasteiger partial charge >= 0.3 is 5.97 Å². The molecule has 1 fully saturated rings. The zero-order valence-corrected chi connectivity index (χ0v) is 9.87. The van der Waals surface area contributed by atoms with Crippen molar-refractivity contribution in [3.8, 4) is 0 Å². The van der Waals surface area contributed by atoms with Crippen LogP contribution in [0.3, 0.4) is 0 Å². The molecular formula is C10H14ClN3O2. The normalized spacial score (nSPS) is 16.5. The smallest absolute Gasteiger partial charge is 0.358 e. The molecule has 1 saturated heterocycles. The largest absolute Gasteiger partial charge is 0.476 e. The molecule has 16 heavy (non-hydrogen) atoms. The maximum atomic E-state index is 10.9. The second kappa shape index (κ2) is 4.33. The lowest BCUT2D eigenvalue weighted by molar-refractivity contribution is 0.0690. The number of rotatable bonds is 2. The van der Waals surface area contributed by atoms with E-state index in [0.29, 0.717) is 0 Å². The highest BCUT2D eigenvalue weighted by Crippen LogP contribution is 2.30. The predicted molar refractivity (Wildman–Crippen MR) is 61.2 cm³/mol. The Balaban J connectivity index is 2.36. The van der Waals surface area contributed by atoms with Gasteiger partial charge in [0.15, 0.2) is 5.69 Å². The molecule has 2 rings (SSSR count). The summed E-state index contributed by atoms with van der Waals surface area (Å²) in [5.74, 6) is -0.359. The molecule has 2 heterocycles. The van der Waals surface area contributed by atoms with E-state index in [9.17, 15) is 4.79 Å². The monoisotopic (exact) mass is 243 g/mol. The fourth-order valence-corrected chi connectivity index (χ4v) is 2.44. The molecule has 0 saturated carbocycles. The van der Waals surface area contributed by atoms with Gasteiger partial charge in [0.05, 0.1) is 0 Å². The summed E-state index contributed by atoms with van der Waals surface area (Å²) in [4.78, 5) is 13.0. The third kappa shape index (κ3) is 1.87. The Morgan fingerprint density at radius 2 is 2.00 bits per heavy atom. The minimum atomic E-state index is -1.08. The number of hydrogen-bond donors (Lipinski definition) is 1. The van der Waals surface area contributed by atoms with Gasteiger partial charge in [-0.05, 0) is 19.3 Å². The second-order valence-corrected chi connectivity index (χ2v) is 4.34. The number of aryl methyl sites for hydroxylation is 1. The molecule has 0 amide bonds. The summed E-state index contributed by atoms with van der Waals surface area (Å²) in [6.45, 7) is 1.83. The van der Waals surface area contributed by atoms with Gasteiger partial charge in [-0.25, -0.2) is 4.79 Å². The van der Waals surface area contributed by atoms with E-state index in [1.165, 1.54) is 6.42 Å². The Hall–Kier alpha value is -1.23. The molecule has 1 aromatic heterocycles. The average Bonchev–Trinajstić information content (AvgIpc) is 2.56. The van der Waals surface area contributed by atoms with Crippen molar-refractivity contribution >= 4 is 23.4 Å². The topological polar surface area (TPSA) is 58.4 Å². The summed E-state index contributed by atoms with van der Waals surface area (Å²) in [6.07, 6.45) is 3.45. The lowest BCUT2D eigenvalue weighted by atomic mass is 10.1. The number of aromatic carboxylic acids is 1. The van der Waals surface area contributed by atoms with Crippen LogP contribution in [0, 0.1) is 0 Å². The van der Waals surface area contributed by atoms with Crippen molar-refractivity contribution in [3.05, 3.63) is 10.7 Å². The van der Waals surface area contributed by atoms with E-state index < -0.39 is 5.97 Å². The molecule has 0 radical (unpaired) electrons. The van der Waals surface area contributed by atoms with E-state index in [-0.39, 0.29) is 10.7 Å². The number of carboxylic acid groups (broad SMARTS) is 1. The van der Waals surface area contributed by atoms with E-state index >= 15 is 0 Å². The van der Waals surface area contributed by atoms with Gasteiger partial charge in [0.2, 0.25) is 0 Å². The quantitative estimate of drug-likeness (QED) is 0.860. The van der Waals surface area contributed by atoms with E-state index in [4.69, 9.17) is 16.7 Å². The second-order valence-electron chi connectivity index (χ2n) is 3.96. The number of carboxylic acids is 1. The first-order valence-electron chi connectivity index (χ1n) is 5.32. The van der Waals surface area contributed by atoms with Crippen molar-refractivity contribution in [3.63, 3.8) is 0 Å². The summed E-state index contributed by atoms with van der Waals surface area (Å²) in [6, 6.07) is 0. The Bertz CT molecular complexity index is 410. The van der Waals surface area contributed by atoms with Gasteiger partial charge < -0.3 is 10.0 Å². The Labute approximate surface area is 98.6 Å². The van der Waals surface area contributed by atoms with Crippen LogP contribution in [0.1, 0.15) is 29.8 Å². The first-order valence-corrected chi connectivity index (χ1v) is 5.70. The highest BCUT2D eigenvalue weighted by Gasteiger charge is 2.24. The molecule has 0 atom stereocenters. The number of aromatic nitrogens is 2. The van der Waals surface area contributed by atoms with Crippen LogP contribution in [0.15, 0.2) is 0 Å². The molecule has 0 aromatic carbocycles. The van der Waals surface area contributed by atoms with E-state index in [2.05, 4.69) is 10.00 Å². The summed E-state index contributed by atoms with van der Waals surface area (Å²) in [5.41, 5.74) is -0.0651.